The molecule has 2 rings (SSSR count). The van der Waals surface area contributed by atoms with Crippen LogP contribution in [0.4, 0.5) is 4.39 Å². The Balaban J connectivity index is 2.34. The molecule has 0 aliphatic rings. The summed E-state index contributed by atoms with van der Waals surface area (Å²) in [5.41, 5.74) is 1.64. The second-order valence-corrected chi connectivity index (χ2v) is 8.65. The minimum Gasteiger partial charge on any atom is -0.350 e. The first-order chi connectivity index (χ1) is 13.5. The van der Waals surface area contributed by atoms with Crippen LogP contribution in [-0.4, -0.2) is 28.3 Å². The van der Waals surface area contributed by atoms with Gasteiger partial charge in [0.15, 0.2) is 0 Å². The maximum Gasteiger partial charge on any atom is 0.242 e. The highest BCUT2D eigenvalue weighted by Crippen LogP contribution is 2.22. The van der Waals surface area contributed by atoms with Gasteiger partial charge in [0.1, 0.15) is 11.9 Å². The van der Waals surface area contributed by atoms with Crippen molar-refractivity contribution in [2.45, 2.75) is 59.2 Å². The van der Waals surface area contributed by atoms with Gasteiger partial charge in [-0.05, 0) is 57.9 Å². The van der Waals surface area contributed by atoms with E-state index in [4.69, 9.17) is 11.6 Å². The van der Waals surface area contributed by atoms with E-state index in [1.807, 2.05) is 52.0 Å². The predicted molar refractivity (Wildman–Crippen MR) is 114 cm³/mol. The Labute approximate surface area is 177 Å². The first-order valence-electron chi connectivity index (χ1n) is 9.58. The van der Waals surface area contributed by atoms with E-state index in [1.165, 1.54) is 17.0 Å². The van der Waals surface area contributed by atoms with Crippen molar-refractivity contribution in [2.75, 3.05) is 0 Å². The molecule has 0 aliphatic carbocycles. The zero-order valence-electron chi connectivity index (χ0n) is 17.6. The lowest BCUT2D eigenvalue weighted by atomic mass is 10.0. The monoisotopic (exact) mass is 418 g/mol. The quantitative estimate of drug-likeness (QED) is 0.741. The molecule has 0 fully saturated rings. The summed E-state index contributed by atoms with van der Waals surface area (Å²) in [6.07, 6.45) is -0.218. The SMILES string of the molecule is Cc1ccccc1CN(C(=O)Cc1c(F)cccc1Cl)C(C)C(=O)NC(C)(C)C. The highest BCUT2D eigenvalue weighted by molar-refractivity contribution is 6.31. The summed E-state index contributed by atoms with van der Waals surface area (Å²) < 4.78 is 14.2. The van der Waals surface area contributed by atoms with Gasteiger partial charge in [-0.1, -0.05) is 41.9 Å². The molecule has 0 aliphatic heterocycles. The van der Waals surface area contributed by atoms with E-state index in [9.17, 15) is 14.0 Å². The summed E-state index contributed by atoms with van der Waals surface area (Å²) in [7, 11) is 0. The Morgan fingerprint density at radius 2 is 1.79 bits per heavy atom. The third kappa shape index (κ3) is 6.29. The Morgan fingerprint density at radius 1 is 1.14 bits per heavy atom. The molecule has 0 aromatic heterocycles. The number of carbonyl (C=O) groups is 2. The van der Waals surface area contributed by atoms with Crippen LogP contribution in [0.3, 0.4) is 0 Å². The molecule has 4 nitrogen and oxygen atoms in total. The number of hydrogen-bond acceptors (Lipinski definition) is 2. The number of nitrogens with one attached hydrogen (secondary N) is 1. The van der Waals surface area contributed by atoms with Crippen molar-refractivity contribution in [3.63, 3.8) is 0 Å². The summed E-state index contributed by atoms with van der Waals surface area (Å²) in [6.45, 7) is 9.51. The van der Waals surface area contributed by atoms with Gasteiger partial charge >= 0.3 is 0 Å². The lowest BCUT2D eigenvalue weighted by Gasteiger charge is -2.32. The van der Waals surface area contributed by atoms with Crippen LogP contribution in [0.5, 0.6) is 0 Å². The van der Waals surface area contributed by atoms with Gasteiger partial charge in [0, 0.05) is 22.7 Å². The smallest absolute Gasteiger partial charge is 0.242 e. The maximum absolute atomic E-state index is 14.2. The van der Waals surface area contributed by atoms with Crippen molar-refractivity contribution >= 4 is 23.4 Å². The number of amides is 2. The molecule has 0 radical (unpaired) electrons. The van der Waals surface area contributed by atoms with Crippen LogP contribution in [-0.2, 0) is 22.6 Å². The maximum atomic E-state index is 14.2. The lowest BCUT2D eigenvalue weighted by Crippen LogP contribution is -2.52. The molecular formula is C23H28ClFN2O2. The van der Waals surface area contributed by atoms with Crippen molar-refractivity contribution in [1.29, 1.82) is 0 Å². The Morgan fingerprint density at radius 3 is 2.38 bits per heavy atom. The largest absolute Gasteiger partial charge is 0.350 e. The fourth-order valence-corrected chi connectivity index (χ4v) is 3.21. The highest BCUT2D eigenvalue weighted by Gasteiger charge is 2.29. The molecule has 1 atom stereocenters. The van der Waals surface area contributed by atoms with Crippen LogP contribution >= 0.6 is 11.6 Å². The van der Waals surface area contributed by atoms with E-state index >= 15 is 0 Å². The molecule has 2 aromatic carbocycles. The Bertz CT molecular complexity index is 872. The fraction of sp³-hybridized carbons (Fsp3) is 0.391. The molecule has 0 saturated heterocycles. The topological polar surface area (TPSA) is 49.4 Å². The van der Waals surface area contributed by atoms with E-state index < -0.39 is 17.4 Å². The minimum absolute atomic E-state index is 0.136. The van der Waals surface area contributed by atoms with Crippen LogP contribution in [0.15, 0.2) is 42.5 Å². The van der Waals surface area contributed by atoms with Gasteiger partial charge in [-0.15, -0.1) is 0 Å². The fourth-order valence-electron chi connectivity index (χ4n) is 2.98. The van der Waals surface area contributed by atoms with Crippen molar-refractivity contribution in [3.05, 3.63) is 70.0 Å². The van der Waals surface area contributed by atoms with Gasteiger partial charge in [-0.25, -0.2) is 4.39 Å². The normalized spacial score (nSPS) is 12.4. The molecule has 156 valence electrons. The molecule has 2 aromatic rings. The molecule has 1 unspecified atom stereocenters. The third-order valence-electron chi connectivity index (χ3n) is 4.66. The summed E-state index contributed by atoms with van der Waals surface area (Å²) in [4.78, 5) is 27.4. The number of nitrogens with zero attached hydrogens (tertiary/aromatic N) is 1. The third-order valence-corrected chi connectivity index (χ3v) is 5.01. The Hall–Kier alpha value is -2.40. The molecule has 0 bridgehead atoms. The lowest BCUT2D eigenvalue weighted by molar-refractivity contribution is -0.140. The first kappa shape index (κ1) is 22.9. The van der Waals surface area contributed by atoms with Gasteiger partial charge in [0.05, 0.1) is 6.42 Å². The minimum atomic E-state index is -0.730. The standard InChI is InChI=1S/C23H28ClFN2O2/c1-15-9-6-7-10-17(15)14-27(16(2)22(29)26-23(3,4)5)21(28)13-18-19(24)11-8-12-20(18)25/h6-12,16H,13-14H2,1-5H3,(H,26,29). The van der Waals surface area contributed by atoms with Crippen molar-refractivity contribution in [1.82, 2.24) is 10.2 Å². The van der Waals surface area contributed by atoms with Gasteiger partial charge in [-0.2, -0.15) is 0 Å². The summed E-state index contributed by atoms with van der Waals surface area (Å²) in [6, 6.07) is 11.3. The summed E-state index contributed by atoms with van der Waals surface area (Å²) >= 11 is 6.10. The highest BCUT2D eigenvalue weighted by atomic mass is 35.5. The van der Waals surface area contributed by atoms with E-state index in [0.717, 1.165) is 11.1 Å². The molecule has 2 amide bonds. The van der Waals surface area contributed by atoms with Crippen LogP contribution in [0.2, 0.25) is 5.02 Å². The second-order valence-electron chi connectivity index (χ2n) is 8.24. The number of halogens is 2. The van der Waals surface area contributed by atoms with Crippen LogP contribution in [0.25, 0.3) is 0 Å². The number of benzene rings is 2. The average Bonchev–Trinajstić information content (AvgIpc) is 2.62. The van der Waals surface area contributed by atoms with Crippen LogP contribution in [0.1, 0.15) is 44.4 Å². The second kappa shape index (κ2) is 9.40. The predicted octanol–water partition coefficient (Wildman–Crippen LogP) is 4.66. The molecule has 1 N–H and O–H groups in total. The van der Waals surface area contributed by atoms with Crippen molar-refractivity contribution in [2.24, 2.45) is 0 Å². The molecule has 0 saturated carbocycles. The van der Waals surface area contributed by atoms with Crippen molar-refractivity contribution < 1.29 is 14.0 Å². The van der Waals surface area contributed by atoms with E-state index in [2.05, 4.69) is 5.32 Å². The van der Waals surface area contributed by atoms with Crippen molar-refractivity contribution in [3.8, 4) is 0 Å². The number of aryl methyl sites for hydroxylation is 1. The number of hydrogen-bond donors (Lipinski definition) is 1. The molecular weight excluding hydrogens is 391 g/mol. The van der Waals surface area contributed by atoms with E-state index in [-0.39, 0.29) is 35.4 Å². The Kier molecular flexibility index (Phi) is 7.42. The summed E-state index contributed by atoms with van der Waals surface area (Å²) in [5.74, 6) is -1.16. The zero-order valence-corrected chi connectivity index (χ0v) is 18.3. The molecule has 6 heteroatoms. The van der Waals surface area contributed by atoms with Gasteiger partial charge in [0.2, 0.25) is 11.8 Å². The zero-order chi connectivity index (χ0) is 21.8. The molecule has 0 spiro atoms. The van der Waals surface area contributed by atoms with Crippen LogP contribution in [0, 0.1) is 12.7 Å². The van der Waals surface area contributed by atoms with E-state index in [1.54, 1.807) is 13.0 Å². The molecule has 29 heavy (non-hydrogen) atoms. The van der Waals surface area contributed by atoms with Gasteiger partial charge < -0.3 is 10.2 Å². The van der Waals surface area contributed by atoms with E-state index in [0.29, 0.717) is 0 Å². The van der Waals surface area contributed by atoms with Crippen LogP contribution < -0.4 is 5.32 Å². The number of rotatable bonds is 6. The molecule has 0 heterocycles. The van der Waals surface area contributed by atoms with Gasteiger partial charge in [0.25, 0.3) is 0 Å². The summed E-state index contributed by atoms with van der Waals surface area (Å²) in [5, 5.41) is 3.10. The van der Waals surface area contributed by atoms with Gasteiger partial charge in [-0.3, -0.25) is 9.59 Å². The first-order valence-corrected chi connectivity index (χ1v) is 9.96. The number of carbonyl (C=O) groups excluding carboxylic acids is 2. The average molecular weight is 419 g/mol.